The van der Waals surface area contributed by atoms with Gasteiger partial charge < -0.3 is 9.47 Å². The van der Waals surface area contributed by atoms with Gasteiger partial charge in [0.15, 0.2) is 0 Å². The van der Waals surface area contributed by atoms with Gasteiger partial charge in [-0.3, -0.25) is 14.7 Å². The number of nitrogens with zero attached hydrogens (tertiary/aromatic N) is 2. The second kappa shape index (κ2) is 14.2. The molecule has 0 saturated carbocycles. The van der Waals surface area contributed by atoms with Crippen molar-refractivity contribution in [3.05, 3.63) is 77.4 Å². The van der Waals surface area contributed by atoms with Crippen LogP contribution in [0.5, 0.6) is 11.5 Å². The van der Waals surface area contributed by atoms with Crippen molar-refractivity contribution in [3.63, 3.8) is 0 Å². The number of halogens is 1. The summed E-state index contributed by atoms with van der Waals surface area (Å²) in [4.78, 5) is 19.8. The summed E-state index contributed by atoms with van der Waals surface area (Å²) in [5, 5.41) is 0. The molecule has 0 amide bonds. The highest BCUT2D eigenvalue weighted by Crippen LogP contribution is 2.29. The largest absolute Gasteiger partial charge is 0.494 e. The van der Waals surface area contributed by atoms with E-state index in [1.54, 1.807) is 0 Å². The number of ketones is 1. The molecule has 0 spiro atoms. The number of carbonyl (C=O) groups excluding carboxylic acids is 1. The summed E-state index contributed by atoms with van der Waals surface area (Å²) >= 11 is 0. The molecule has 2 heterocycles. The van der Waals surface area contributed by atoms with Gasteiger partial charge in [-0.2, -0.15) is 0 Å². The van der Waals surface area contributed by atoms with Crippen molar-refractivity contribution in [3.8, 4) is 22.6 Å². The van der Waals surface area contributed by atoms with Crippen molar-refractivity contribution in [2.75, 3.05) is 26.3 Å². The van der Waals surface area contributed by atoms with Gasteiger partial charge in [-0.05, 0) is 92.2 Å². The first-order valence-corrected chi connectivity index (χ1v) is 14.3. The molecule has 208 valence electrons. The Morgan fingerprint density at radius 3 is 2.54 bits per heavy atom. The number of hydrogen-bond donors (Lipinski definition) is 0. The summed E-state index contributed by atoms with van der Waals surface area (Å²) in [5.74, 6) is 1.49. The van der Waals surface area contributed by atoms with E-state index in [1.165, 1.54) is 37.0 Å². The van der Waals surface area contributed by atoms with Crippen molar-refractivity contribution < 1.29 is 18.7 Å². The third kappa shape index (κ3) is 8.89. The lowest BCUT2D eigenvalue weighted by Gasteiger charge is -2.27. The molecule has 0 aliphatic carbocycles. The summed E-state index contributed by atoms with van der Waals surface area (Å²) in [5.41, 5.74) is 4.93. The van der Waals surface area contributed by atoms with Crippen LogP contribution in [0.15, 0.2) is 54.7 Å². The van der Waals surface area contributed by atoms with Gasteiger partial charge in [0.25, 0.3) is 0 Å². The van der Waals surface area contributed by atoms with Crippen LogP contribution in [0.4, 0.5) is 4.39 Å². The van der Waals surface area contributed by atoms with Gasteiger partial charge >= 0.3 is 0 Å². The molecule has 39 heavy (non-hydrogen) atoms. The maximum absolute atomic E-state index is 14.0. The number of rotatable bonds is 13. The lowest BCUT2D eigenvalue weighted by Crippen LogP contribution is -2.29. The molecule has 1 aliphatic rings. The molecule has 0 N–H and O–H groups in total. The number of Topliss-reactive ketones (excluding diaryl/α,β-unsaturated/α-hetero) is 1. The minimum absolute atomic E-state index is 0.0796. The second-order valence-corrected chi connectivity index (χ2v) is 10.8. The molecular formula is C33H41FN2O3. The van der Waals surface area contributed by atoms with Gasteiger partial charge in [0.1, 0.15) is 23.1 Å². The van der Waals surface area contributed by atoms with E-state index in [0.717, 1.165) is 47.8 Å². The fourth-order valence-electron chi connectivity index (χ4n) is 4.97. The summed E-state index contributed by atoms with van der Waals surface area (Å²) < 4.78 is 25.5. The third-order valence-electron chi connectivity index (χ3n) is 6.95. The number of ether oxygens (including phenoxy) is 2. The van der Waals surface area contributed by atoms with Gasteiger partial charge in [0.2, 0.25) is 0 Å². The maximum Gasteiger partial charge on any atom is 0.139 e. The Labute approximate surface area is 232 Å². The van der Waals surface area contributed by atoms with Crippen LogP contribution in [0.2, 0.25) is 0 Å². The highest BCUT2D eigenvalue weighted by molar-refractivity contribution is 5.81. The van der Waals surface area contributed by atoms with Crippen molar-refractivity contribution >= 4 is 5.78 Å². The van der Waals surface area contributed by atoms with E-state index in [9.17, 15) is 9.18 Å². The molecular weight excluding hydrogens is 491 g/mol. The van der Waals surface area contributed by atoms with Crippen molar-refractivity contribution in [2.45, 2.75) is 65.8 Å². The molecule has 6 heteroatoms. The molecule has 5 nitrogen and oxygen atoms in total. The Hall–Kier alpha value is -3.25. The Kier molecular flexibility index (Phi) is 10.5. The fraction of sp³-hybridized carbons (Fsp3) is 0.455. The summed E-state index contributed by atoms with van der Waals surface area (Å²) in [6.07, 6.45) is 6.73. The number of aryl methyl sites for hydroxylation is 1. The van der Waals surface area contributed by atoms with Crippen molar-refractivity contribution in [2.24, 2.45) is 5.92 Å². The Bertz CT molecular complexity index is 1220. The van der Waals surface area contributed by atoms with E-state index < -0.39 is 0 Å². The van der Waals surface area contributed by atoms with Crippen molar-refractivity contribution in [1.82, 2.24) is 9.88 Å². The topological polar surface area (TPSA) is 51.7 Å². The number of pyridine rings is 1. The smallest absolute Gasteiger partial charge is 0.139 e. The first-order valence-electron chi connectivity index (χ1n) is 14.3. The average molecular weight is 533 g/mol. The standard InChI is InChI=1S/C33H41FN2O3/c1-4-38-31-12-13-33(27(18-31)22-36-14-6-5-7-15-36)26-9-10-29(35-21-26)20-30(37)11-8-25-16-28(34)19-32(17-25)39-23-24(2)3/h9-10,12-13,16-19,21,24H,4-8,11,14-15,20,22-23H2,1-3H3. The van der Waals surface area contributed by atoms with Crippen LogP contribution >= 0.6 is 0 Å². The van der Waals surface area contributed by atoms with Crippen LogP contribution in [0, 0.1) is 11.7 Å². The van der Waals surface area contributed by atoms with Gasteiger partial charge in [-0.25, -0.2) is 4.39 Å². The lowest BCUT2D eigenvalue weighted by atomic mass is 9.98. The summed E-state index contributed by atoms with van der Waals surface area (Å²) in [6, 6.07) is 15.0. The molecule has 1 saturated heterocycles. The maximum atomic E-state index is 14.0. The number of benzene rings is 2. The minimum atomic E-state index is -0.343. The number of aromatic nitrogens is 1. The van der Waals surface area contributed by atoms with E-state index in [0.29, 0.717) is 37.7 Å². The van der Waals surface area contributed by atoms with E-state index in [4.69, 9.17) is 9.47 Å². The highest BCUT2D eigenvalue weighted by atomic mass is 19.1. The zero-order chi connectivity index (χ0) is 27.6. The van der Waals surface area contributed by atoms with E-state index in [2.05, 4.69) is 28.1 Å². The second-order valence-electron chi connectivity index (χ2n) is 10.8. The van der Waals surface area contributed by atoms with Crippen molar-refractivity contribution in [1.29, 1.82) is 0 Å². The number of carbonyl (C=O) groups is 1. The van der Waals surface area contributed by atoms with E-state index in [1.807, 2.05) is 45.2 Å². The normalized spacial score (nSPS) is 14.0. The molecule has 0 radical (unpaired) electrons. The van der Waals surface area contributed by atoms with E-state index >= 15 is 0 Å². The van der Waals surface area contributed by atoms with Gasteiger partial charge in [0.05, 0.1) is 13.2 Å². The van der Waals surface area contributed by atoms with Crippen LogP contribution in [-0.2, 0) is 24.2 Å². The SMILES string of the molecule is CCOc1ccc(-c2ccc(CC(=O)CCc3cc(F)cc(OCC(C)C)c3)nc2)c(CN2CCCCC2)c1. The van der Waals surface area contributed by atoms with Crippen LogP contribution in [0.3, 0.4) is 0 Å². The van der Waals surface area contributed by atoms with Crippen LogP contribution in [0.1, 0.15) is 63.3 Å². The van der Waals surface area contributed by atoms with Gasteiger partial charge in [-0.15, -0.1) is 0 Å². The van der Waals surface area contributed by atoms with Gasteiger partial charge in [0, 0.05) is 42.9 Å². The molecule has 1 fully saturated rings. The molecule has 4 rings (SSSR count). The highest BCUT2D eigenvalue weighted by Gasteiger charge is 2.15. The van der Waals surface area contributed by atoms with E-state index in [-0.39, 0.29) is 18.0 Å². The summed E-state index contributed by atoms with van der Waals surface area (Å²) in [6.45, 7) is 10.4. The molecule has 1 aliphatic heterocycles. The van der Waals surface area contributed by atoms with Crippen LogP contribution in [-0.4, -0.2) is 42.0 Å². The monoisotopic (exact) mass is 532 g/mol. The molecule has 3 aromatic rings. The Balaban J connectivity index is 1.38. The predicted molar refractivity (Wildman–Crippen MR) is 154 cm³/mol. The first kappa shape index (κ1) is 28.8. The first-order chi connectivity index (χ1) is 18.9. The third-order valence-corrected chi connectivity index (χ3v) is 6.95. The fourth-order valence-corrected chi connectivity index (χ4v) is 4.97. The number of hydrogen-bond acceptors (Lipinski definition) is 5. The molecule has 0 bridgehead atoms. The van der Waals surface area contributed by atoms with Crippen LogP contribution in [0.25, 0.3) is 11.1 Å². The molecule has 0 unspecified atom stereocenters. The molecule has 2 aromatic carbocycles. The Morgan fingerprint density at radius 2 is 1.82 bits per heavy atom. The predicted octanol–water partition coefficient (Wildman–Crippen LogP) is 7.05. The lowest BCUT2D eigenvalue weighted by molar-refractivity contribution is -0.118. The number of piperidine rings is 1. The quantitative estimate of drug-likeness (QED) is 0.236. The van der Waals surface area contributed by atoms with Crippen LogP contribution < -0.4 is 9.47 Å². The Morgan fingerprint density at radius 1 is 1.00 bits per heavy atom. The average Bonchev–Trinajstić information content (AvgIpc) is 2.92. The van der Waals surface area contributed by atoms with Gasteiger partial charge in [-0.1, -0.05) is 32.4 Å². The molecule has 1 aromatic heterocycles. The zero-order valence-electron chi connectivity index (χ0n) is 23.5. The molecule has 0 atom stereocenters. The summed E-state index contributed by atoms with van der Waals surface area (Å²) in [7, 11) is 0. The minimum Gasteiger partial charge on any atom is -0.494 e. The number of likely N-dealkylation sites (tertiary alicyclic amines) is 1. The zero-order valence-corrected chi connectivity index (χ0v) is 23.5.